The monoisotopic (exact) mass is 525 g/mol. The molecular weight excluding hydrogens is 494 g/mol. The molecule has 3 aromatic rings. The Hall–Kier alpha value is -4.10. The SMILES string of the molecule is C[C@H]1Cc2cc(C(O)=C3C(=O)C(=O)N(C[C@@H]4CCCO4)[C@H]3c3ccc(OCc4ccccc4)cc3)ccc2O1. The zero-order valence-electron chi connectivity index (χ0n) is 21.8. The van der Waals surface area contributed by atoms with Crippen LogP contribution in [0.4, 0.5) is 0 Å². The van der Waals surface area contributed by atoms with Gasteiger partial charge in [-0.2, -0.15) is 0 Å². The largest absolute Gasteiger partial charge is 0.507 e. The number of aliphatic hydroxyl groups is 1. The quantitative estimate of drug-likeness (QED) is 0.260. The molecule has 2 saturated heterocycles. The van der Waals surface area contributed by atoms with Crippen molar-refractivity contribution in [1.82, 2.24) is 4.90 Å². The molecule has 1 amide bonds. The van der Waals surface area contributed by atoms with Gasteiger partial charge >= 0.3 is 0 Å². The third kappa shape index (κ3) is 5.02. The molecule has 6 rings (SSSR count). The summed E-state index contributed by atoms with van der Waals surface area (Å²) in [6.07, 6.45) is 2.38. The Morgan fingerprint density at radius 3 is 2.59 bits per heavy atom. The Bertz CT molecular complexity index is 1410. The lowest BCUT2D eigenvalue weighted by atomic mass is 9.94. The lowest BCUT2D eigenvalue weighted by Crippen LogP contribution is -2.36. The number of ether oxygens (including phenoxy) is 3. The number of benzene rings is 3. The van der Waals surface area contributed by atoms with Crippen molar-refractivity contribution in [2.24, 2.45) is 0 Å². The Kier molecular flexibility index (Phi) is 6.83. The van der Waals surface area contributed by atoms with E-state index in [1.807, 2.05) is 73.7 Å². The normalized spacial score (nSPS) is 23.6. The number of ketones is 1. The number of likely N-dealkylation sites (tertiary alicyclic amines) is 1. The summed E-state index contributed by atoms with van der Waals surface area (Å²) in [5.74, 6) is -0.0449. The van der Waals surface area contributed by atoms with Crippen LogP contribution in [-0.4, -0.2) is 47.1 Å². The van der Waals surface area contributed by atoms with Gasteiger partial charge in [0, 0.05) is 25.1 Å². The van der Waals surface area contributed by atoms with Crippen LogP contribution in [0.1, 0.15) is 48.1 Å². The number of amides is 1. The number of hydrogen-bond acceptors (Lipinski definition) is 6. The topological polar surface area (TPSA) is 85.3 Å². The maximum atomic E-state index is 13.4. The van der Waals surface area contributed by atoms with Crippen molar-refractivity contribution in [3.63, 3.8) is 0 Å². The van der Waals surface area contributed by atoms with Crippen molar-refractivity contribution in [3.8, 4) is 11.5 Å². The molecule has 2 fully saturated rings. The minimum Gasteiger partial charge on any atom is -0.507 e. The highest BCUT2D eigenvalue weighted by Gasteiger charge is 2.47. The Morgan fingerprint density at radius 2 is 1.85 bits per heavy atom. The molecule has 39 heavy (non-hydrogen) atoms. The molecule has 3 atom stereocenters. The van der Waals surface area contributed by atoms with E-state index < -0.39 is 17.7 Å². The maximum absolute atomic E-state index is 13.4. The maximum Gasteiger partial charge on any atom is 0.295 e. The average molecular weight is 526 g/mol. The Labute approximate surface area is 227 Å². The number of fused-ring (bicyclic) bond motifs is 1. The van der Waals surface area contributed by atoms with Gasteiger partial charge in [-0.15, -0.1) is 0 Å². The van der Waals surface area contributed by atoms with E-state index in [0.717, 1.165) is 41.7 Å². The number of nitrogens with zero attached hydrogens (tertiary/aromatic N) is 1. The summed E-state index contributed by atoms with van der Waals surface area (Å²) in [4.78, 5) is 28.3. The van der Waals surface area contributed by atoms with Gasteiger partial charge in [-0.05, 0) is 66.8 Å². The fourth-order valence-corrected chi connectivity index (χ4v) is 5.63. The smallest absolute Gasteiger partial charge is 0.295 e. The standard InChI is InChI=1S/C32H31NO6/c1-20-16-24-17-23(11-14-27(24)39-20)30(34)28-29(33(32(36)31(28)35)18-26-8-5-15-37-26)22-9-12-25(13-10-22)38-19-21-6-3-2-4-7-21/h2-4,6-7,9-14,17,20,26,29,34H,5,8,15-16,18-19H2,1H3/t20-,26-,29-/m0/s1. The number of rotatable bonds is 7. The molecular formula is C32H31NO6. The van der Waals surface area contributed by atoms with E-state index in [2.05, 4.69) is 0 Å². The van der Waals surface area contributed by atoms with E-state index in [1.165, 1.54) is 0 Å². The highest BCUT2D eigenvalue weighted by Crippen LogP contribution is 2.41. The molecule has 3 aliphatic rings. The average Bonchev–Trinajstić information content (AvgIpc) is 3.67. The number of aliphatic hydroxyl groups excluding tert-OH is 1. The van der Waals surface area contributed by atoms with E-state index in [4.69, 9.17) is 14.2 Å². The fourth-order valence-electron chi connectivity index (χ4n) is 5.63. The number of carbonyl (C=O) groups is 2. The molecule has 1 N–H and O–H groups in total. The lowest BCUT2D eigenvalue weighted by molar-refractivity contribution is -0.140. The third-order valence-corrected chi connectivity index (χ3v) is 7.58. The van der Waals surface area contributed by atoms with Crippen molar-refractivity contribution in [2.45, 2.75) is 51.0 Å². The Morgan fingerprint density at radius 1 is 1.05 bits per heavy atom. The van der Waals surface area contributed by atoms with Gasteiger partial charge in [0.2, 0.25) is 0 Å². The molecule has 0 aliphatic carbocycles. The molecule has 0 unspecified atom stereocenters. The fraction of sp³-hybridized carbons (Fsp3) is 0.312. The molecule has 7 nitrogen and oxygen atoms in total. The molecule has 3 heterocycles. The van der Waals surface area contributed by atoms with Crippen LogP contribution in [0.25, 0.3) is 5.76 Å². The van der Waals surface area contributed by atoms with E-state index in [1.54, 1.807) is 11.0 Å². The zero-order valence-corrected chi connectivity index (χ0v) is 21.8. The molecule has 0 aromatic heterocycles. The van der Waals surface area contributed by atoms with Crippen LogP contribution in [0.5, 0.6) is 11.5 Å². The first kappa shape index (κ1) is 25.2. The van der Waals surface area contributed by atoms with Gasteiger partial charge in [0.1, 0.15) is 30.0 Å². The van der Waals surface area contributed by atoms with E-state index in [9.17, 15) is 14.7 Å². The van der Waals surface area contributed by atoms with Gasteiger partial charge in [0.25, 0.3) is 11.7 Å². The first-order chi connectivity index (χ1) is 19.0. The second-order valence-electron chi connectivity index (χ2n) is 10.4. The van der Waals surface area contributed by atoms with Gasteiger partial charge in [0.05, 0.1) is 17.7 Å². The van der Waals surface area contributed by atoms with Crippen LogP contribution in [0.15, 0.2) is 78.4 Å². The first-order valence-electron chi connectivity index (χ1n) is 13.4. The van der Waals surface area contributed by atoms with E-state index >= 15 is 0 Å². The van der Waals surface area contributed by atoms with Crippen molar-refractivity contribution >= 4 is 17.4 Å². The summed E-state index contributed by atoms with van der Waals surface area (Å²) in [6.45, 7) is 3.35. The molecule has 0 saturated carbocycles. The number of Topliss-reactive ketones (excluding diaryl/α,β-unsaturated/α-hetero) is 1. The van der Waals surface area contributed by atoms with E-state index in [0.29, 0.717) is 24.5 Å². The summed E-state index contributed by atoms with van der Waals surface area (Å²) >= 11 is 0. The van der Waals surface area contributed by atoms with Crippen LogP contribution in [0.3, 0.4) is 0 Å². The number of hydrogen-bond donors (Lipinski definition) is 1. The molecule has 7 heteroatoms. The molecule has 200 valence electrons. The Balaban J connectivity index is 1.34. The second-order valence-corrected chi connectivity index (χ2v) is 10.4. The first-order valence-corrected chi connectivity index (χ1v) is 13.4. The van der Waals surface area contributed by atoms with Gasteiger partial charge in [-0.3, -0.25) is 9.59 Å². The predicted octanol–water partition coefficient (Wildman–Crippen LogP) is 5.19. The minimum atomic E-state index is -0.735. The van der Waals surface area contributed by atoms with Crippen molar-refractivity contribution in [2.75, 3.05) is 13.2 Å². The third-order valence-electron chi connectivity index (χ3n) is 7.58. The van der Waals surface area contributed by atoms with Gasteiger partial charge in [-0.25, -0.2) is 0 Å². The van der Waals surface area contributed by atoms with Gasteiger partial charge in [-0.1, -0.05) is 42.5 Å². The summed E-state index contributed by atoms with van der Waals surface area (Å²) < 4.78 is 17.5. The zero-order chi connectivity index (χ0) is 26.9. The molecule has 0 spiro atoms. The van der Waals surface area contributed by atoms with Gasteiger partial charge in [0.15, 0.2) is 0 Å². The van der Waals surface area contributed by atoms with Gasteiger partial charge < -0.3 is 24.2 Å². The van der Waals surface area contributed by atoms with Crippen LogP contribution in [0.2, 0.25) is 0 Å². The molecule has 3 aromatic carbocycles. The predicted molar refractivity (Wildman–Crippen MR) is 145 cm³/mol. The van der Waals surface area contributed by atoms with Crippen LogP contribution < -0.4 is 9.47 Å². The van der Waals surface area contributed by atoms with Crippen molar-refractivity contribution in [1.29, 1.82) is 0 Å². The van der Waals surface area contributed by atoms with Crippen molar-refractivity contribution < 1.29 is 28.9 Å². The molecule has 3 aliphatic heterocycles. The summed E-state index contributed by atoms with van der Waals surface area (Å²) in [5.41, 5.74) is 3.33. The highest BCUT2D eigenvalue weighted by molar-refractivity contribution is 6.46. The highest BCUT2D eigenvalue weighted by atomic mass is 16.5. The summed E-state index contributed by atoms with van der Waals surface area (Å²) in [7, 11) is 0. The van der Waals surface area contributed by atoms with Crippen LogP contribution in [-0.2, 0) is 27.4 Å². The van der Waals surface area contributed by atoms with Crippen molar-refractivity contribution in [3.05, 3.63) is 101 Å². The van der Waals surface area contributed by atoms with Crippen LogP contribution in [0, 0.1) is 0 Å². The molecule has 0 radical (unpaired) electrons. The lowest BCUT2D eigenvalue weighted by Gasteiger charge is -2.27. The molecule has 0 bridgehead atoms. The summed E-state index contributed by atoms with van der Waals surface area (Å²) in [5, 5.41) is 11.5. The number of carbonyl (C=O) groups excluding carboxylic acids is 2. The van der Waals surface area contributed by atoms with E-state index in [-0.39, 0.29) is 30.1 Å². The second kappa shape index (κ2) is 10.6. The minimum absolute atomic E-state index is 0.0528. The van der Waals surface area contributed by atoms with Crippen LogP contribution >= 0.6 is 0 Å². The summed E-state index contributed by atoms with van der Waals surface area (Å²) in [6, 6.07) is 21.9.